The van der Waals surface area contributed by atoms with Crippen LogP contribution in [0.4, 0.5) is 11.6 Å². The zero-order chi connectivity index (χ0) is 11.7. The normalized spacial score (nSPS) is 15.4. The van der Waals surface area contributed by atoms with Gasteiger partial charge in [0.2, 0.25) is 0 Å². The molecule has 1 aliphatic heterocycles. The fourth-order valence-electron chi connectivity index (χ4n) is 1.97. The molecule has 0 amide bonds. The maximum atomic E-state index is 5.81. The standard InChI is InChI=1S/C11H13N5O/c12-9-7-13-4-3-8(9)10-14-11(15-17-10)16-5-1-2-6-16/h3-4,7H,1-2,5-6,12H2. The number of nitrogen functional groups attached to an aromatic ring is 1. The topological polar surface area (TPSA) is 81.1 Å². The Morgan fingerprint density at radius 1 is 1.29 bits per heavy atom. The Morgan fingerprint density at radius 2 is 2.12 bits per heavy atom. The molecule has 0 radical (unpaired) electrons. The molecule has 1 saturated heterocycles. The molecule has 1 aliphatic rings. The lowest BCUT2D eigenvalue weighted by Crippen LogP contribution is -2.18. The summed E-state index contributed by atoms with van der Waals surface area (Å²) in [7, 11) is 0. The van der Waals surface area contributed by atoms with E-state index in [0.29, 0.717) is 17.5 Å². The molecule has 0 spiro atoms. The van der Waals surface area contributed by atoms with E-state index in [9.17, 15) is 0 Å². The summed E-state index contributed by atoms with van der Waals surface area (Å²) in [5.41, 5.74) is 7.09. The van der Waals surface area contributed by atoms with Gasteiger partial charge < -0.3 is 15.2 Å². The van der Waals surface area contributed by atoms with Crippen LogP contribution in [0.5, 0.6) is 0 Å². The van der Waals surface area contributed by atoms with Gasteiger partial charge in [-0.05, 0) is 24.1 Å². The molecule has 3 heterocycles. The number of hydrogen-bond acceptors (Lipinski definition) is 6. The third kappa shape index (κ3) is 1.82. The minimum Gasteiger partial charge on any atom is -0.397 e. The summed E-state index contributed by atoms with van der Waals surface area (Å²) in [6, 6.07) is 1.77. The number of hydrogen-bond donors (Lipinski definition) is 1. The molecule has 88 valence electrons. The number of nitrogens with two attached hydrogens (primary N) is 1. The number of aromatic nitrogens is 3. The molecule has 0 aliphatic carbocycles. The van der Waals surface area contributed by atoms with Crippen LogP contribution in [0.15, 0.2) is 23.0 Å². The smallest absolute Gasteiger partial charge is 0.266 e. The highest BCUT2D eigenvalue weighted by Gasteiger charge is 2.19. The first-order valence-corrected chi connectivity index (χ1v) is 5.63. The van der Waals surface area contributed by atoms with E-state index >= 15 is 0 Å². The summed E-state index contributed by atoms with van der Waals surface area (Å²) in [4.78, 5) is 10.4. The summed E-state index contributed by atoms with van der Waals surface area (Å²) in [6.45, 7) is 1.98. The maximum Gasteiger partial charge on any atom is 0.266 e. The van der Waals surface area contributed by atoms with Gasteiger partial charge in [-0.3, -0.25) is 4.98 Å². The largest absolute Gasteiger partial charge is 0.397 e. The second-order valence-electron chi connectivity index (χ2n) is 4.06. The SMILES string of the molecule is Nc1cnccc1-c1nc(N2CCCC2)no1. The van der Waals surface area contributed by atoms with Crippen molar-refractivity contribution in [3.63, 3.8) is 0 Å². The summed E-state index contributed by atoms with van der Waals surface area (Å²) < 4.78 is 5.23. The van der Waals surface area contributed by atoms with Crippen molar-refractivity contribution < 1.29 is 4.52 Å². The van der Waals surface area contributed by atoms with Gasteiger partial charge in [-0.1, -0.05) is 0 Å². The maximum absolute atomic E-state index is 5.81. The van der Waals surface area contributed by atoms with E-state index in [2.05, 4.69) is 20.0 Å². The average Bonchev–Trinajstić information content (AvgIpc) is 3.00. The van der Waals surface area contributed by atoms with Gasteiger partial charge in [0.25, 0.3) is 11.8 Å². The van der Waals surface area contributed by atoms with E-state index in [-0.39, 0.29) is 0 Å². The molecule has 17 heavy (non-hydrogen) atoms. The molecule has 0 atom stereocenters. The van der Waals surface area contributed by atoms with Crippen molar-refractivity contribution in [1.82, 2.24) is 15.1 Å². The predicted molar refractivity (Wildman–Crippen MR) is 63.4 cm³/mol. The van der Waals surface area contributed by atoms with Gasteiger partial charge in [-0.15, -0.1) is 0 Å². The van der Waals surface area contributed by atoms with Gasteiger partial charge in [-0.2, -0.15) is 4.98 Å². The Bertz CT molecular complexity index is 518. The minimum atomic E-state index is 0.451. The van der Waals surface area contributed by atoms with E-state index in [1.165, 1.54) is 12.8 Å². The summed E-state index contributed by atoms with van der Waals surface area (Å²) in [5, 5.41) is 3.98. The number of anilines is 2. The van der Waals surface area contributed by atoms with Crippen molar-refractivity contribution in [2.45, 2.75) is 12.8 Å². The van der Waals surface area contributed by atoms with E-state index in [1.54, 1.807) is 18.5 Å². The average molecular weight is 231 g/mol. The number of rotatable bonds is 2. The van der Waals surface area contributed by atoms with Crippen LogP contribution < -0.4 is 10.6 Å². The molecule has 2 aromatic rings. The first-order valence-electron chi connectivity index (χ1n) is 5.63. The Hall–Kier alpha value is -2.11. The highest BCUT2D eigenvalue weighted by Crippen LogP contribution is 2.25. The van der Waals surface area contributed by atoms with Crippen LogP contribution in [0.2, 0.25) is 0 Å². The summed E-state index contributed by atoms with van der Waals surface area (Å²) in [6.07, 6.45) is 5.60. The van der Waals surface area contributed by atoms with E-state index in [1.807, 2.05) is 0 Å². The lowest BCUT2D eigenvalue weighted by atomic mass is 10.2. The quantitative estimate of drug-likeness (QED) is 0.839. The zero-order valence-corrected chi connectivity index (χ0v) is 9.33. The van der Waals surface area contributed by atoms with E-state index in [0.717, 1.165) is 18.7 Å². The first kappa shape index (κ1) is 10.1. The summed E-state index contributed by atoms with van der Waals surface area (Å²) >= 11 is 0. The van der Waals surface area contributed by atoms with Gasteiger partial charge in [0.1, 0.15) is 0 Å². The number of nitrogens with zero attached hydrogens (tertiary/aromatic N) is 4. The Balaban J connectivity index is 1.92. The number of pyridine rings is 1. The van der Waals surface area contributed by atoms with Gasteiger partial charge >= 0.3 is 0 Å². The van der Waals surface area contributed by atoms with Crippen molar-refractivity contribution in [3.05, 3.63) is 18.5 Å². The Labute approximate surface area is 98.4 Å². The zero-order valence-electron chi connectivity index (χ0n) is 9.33. The van der Waals surface area contributed by atoms with Gasteiger partial charge in [0.15, 0.2) is 0 Å². The second-order valence-corrected chi connectivity index (χ2v) is 4.06. The minimum absolute atomic E-state index is 0.451. The molecule has 0 unspecified atom stereocenters. The molecule has 6 heteroatoms. The monoisotopic (exact) mass is 231 g/mol. The van der Waals surface area contributed by atoms with Crippen LogP contribution in [0.3, 0.4) is 0 Å². The second kappa shape index (κ2) is 4.04. The molecule has 3 rings (SSSR count). The molecule has 2 N–H and O–H groups in total. The van der Waals surface area contributed by atoms with Crippen LogP contribution in [0.1, 0.15) is 12.8 Å². The van der Waals surface area contributed by atoms with E-state index < -0.39 is 0 Å². The first-order chi connectivity index (χ1) is 8.34. The molecule has 1 fully saturated rings. The van der Waals surface area contributed by atoms with Crippen molar-refractivity contribution in [3.8, 4) is 11.5 Å². The van der Waals surface area contributed by atoms with Crippen LogP contribution in [0, 0.1) is 0 Å². The third-order valence-electron chi connectivity index (χ3n) is 2.89. The van der Waals surface area contributed by atoms with Crippen LogP contribution >= 0.6 is 0 Å². The van der Waals surface area contributed by atoms with Gasteiger partial charge in [0.05, 0.1) is 17.4 Å². The molecule has 6 nitrogen and oxygen atoms in total. The molecule has 2 aromatic heterocycles. The highest BCUT2D eigenvalue weighted by molar-refractivity contribution is 5.69. The molecular formula is C11H13N5O. The van der Waals surface area contributed by atoms with Crippen LogP contribution in [0.25, 0.3) is 11.5 Å². The van der Waals surface area contributed by atoms with Gasteiger partial charge in [0, 0.05) is 19.3 Å². The lowest BCUT2D eigenvalue weighted by Gasteiger charge is -2.09. The third-order valence-corrected chi connectivity index (χ3v) is 2.89. The van der Waals surface area contributed by atoms with Crippen molar-refractivity contribution in [2.75, 3.05) is 23.7 Å². The van der Waals surface area contributed by atoms with E-state index in [4.69, 9.17) is 10.3 Å². The molecule has 0 saturated carbocycles. The fraction of sp³-hybridized carbons (Fsp3) is 0.364. The van der Waals surface area contributed by atoms with Crippen molar-refractivity contribution >= 4 is 11.6 Å². The molecular weight excluding hydrogens is 218 g/mol. The molecule has 0 aromatic carbocycles. The van der Waals surface area contributed by atoms with Crippen LogP contribution in [-0.2, 0) is 0 Å². The van der Waals surface area contributed by atoms with Crippen molar-refractivity contribution in [1.29, 1.82) is 0 Å². The van der Waals surface area contributed by atoms with Gasteiger partial charge in [-0.25, -0.2) is 0 Å². The fourth-order valence-corrected chi connectivity index (χ4v) is 1.97. The Kier molecular flexibility index (Phi) is 2.40. The Morgan fingerprint density at radius 3 is 2.88 bits per heavy atom. The van der Waals surface area contributed by atoms with Crippen molar-refractivity contribution in [2.24, 2.45) is 0 Å². The summed E-state index contributed by atoms with van der Waals surface area (Å²) in [5.74, 6) is 1.10. The predicted octanol–water partition coefficient (Wildman–Crippen LogP) is 1.31. The lowest BCUT2D eigenvalue weighted by molar-refractivity contribution is 0.430. The van der Waals surface area contributed by atoms with Crippen LogP contribution in [-0.4, -0.2) is 28.2 Å². The molecule has 0 bridgehead atoms. The highest BCUT2D eigenvalue weighted by atomic mass is 16.5.